The second-order valence-corrected chi connectivity index (χ2v) is 5.58. The van der Waals surface area contributed by atoms with Gasteiger partial charge in [-0.15, -0.1) is 0 Å². The van der Waals surface area contributed by atoms with Gasteiger partial charge >= 0.3 is 0 Å². The molecular weight excluding hydrogens is 238 g/mol. The fourth-order valence-corrected chi connectivity index (χ4v) is 3.45. The van der Waals surface area contributed by atoms with Crippen LogP contribution in [0.5, 0.6) is 5.75 Å². The maximum Gasteiger partial charge on any atom is 0.127 e. The van der Waals surface area contributed by atoms with Crippen molar-refractivity contribution in [3.8, 4) is 5.75 Å². The summed E-state index contributed by atoms with van der Waals surface area (Å²) < 4.78 is 11.7. The first kappa shape index (κ1) is 12.9. The maximum absolute atomic E-state index is 5.95. The lowest BCUT2D eigenvalue weighted by molar-refractivity contribution is 0.0958. The normalized spacial score (nSPS) is 27.7. The molecule has 3 unspecified atom stereocenters. The zero-order valence-corrected chi connectivity index (χ0v) is 11.8. The molecule has 0 amide bonds. The van der Waals surface area contributed by atoms with Crippen molar-refractivity contribution in [1.82, 2.24) is 5.32 Å². The van der Waals surface area contributed by atoms with Crippen LogP contribution in [0.25, 0.3) is 0 Å². The van der Waals surface area contributed by atoms with Gasteiger partial charge in [0.15, 0.2) is 0 Å². The summed E-state index contributed by atoms with van der Waals surface area (Å²) in [5.41, 5.74) is 2.66. The van der Waals surface area contributed by atoms with Gasteiger partial charge in [0.2, 0.25) is 0 Å². The van der Waals surface area contributed by atoms with E-state index in [4.69, 9.17) is 9.47 Å². The van der Waals surface area contributed by atoms with Gasteiger partial charge in [-0.3, -0.25) is 0 Å². The molecule has 1 N–H and O–H groups in total. The third kappa shape index (κ3) is 2.37. The first-order chi connectivity index (χ1) is 9.31. The van der Waals surface area contributed by atoms with Crippen LogP contribution in [0.3, 0.4) is 0 Å². The van der Waals surface area contributed by atoms with Crippen molar-refractivity contribution < 1.29 is 9.47 Å². The molecule has 1 saturated heterocycles. The number of ether oxygens (including phenoxy) is 2. The van der Waals surface area contributed by atoms with E-state index >= 15 is 0 Å². The van der Waals surface area contributed by atoms with Crippen LogP contribution < -0.4 is 10.1 Å². The predicted octanol–water partition coefficient (Wildman–Crippen LogP) is 2.70. The Kier molecular flexibility index (Phi) is 3.76. The van der Waals surface area contributed by atoms with Crippen LogP contribution in [0.4, 0.5) is 0 Å². The number of para-hydroxylation sites is 1. The van der Waals surface area contributed by atoms with Crippen LogP contribution >= 0.6 is 0 Å². The molecule has 3 atom stereocenters. The molecule has 0 aromatic heterocycles. The molecule has 2 heterocycles. The van der Waals surface area contributed by atoms with Crippen LogP contribution in [0.2, 0.25) is 0 Å². The fraction of sp³-hybridized carbons (Fsp3) is 0.625. The van der Waals surface area contributed by atoms with Crippen molar-refractivity contribution in [3.63, 3.8) is 0 Å². The molecule has 3 rings (SSSR count). The van der Waals surface area contributed by atoms with E-state index in [1.165, 1.54) is 11.1 Å². The van der Waals surface area contributed by atoms with Crippen molar-refractivity contribution in [2.24, 2.45) is 5.92 Å². The van der Waals surface area contributed by atoms with Crippen molar-refractivity contribution in [2.75, 3.05) is 20.3 Å². The number of rotatable bonds is 3. The summed E-state index contributed by atoms with van der Waals surface area (Å²) in [7, 11) is 2.04. The molecule has 0 radical (unpaired) electrons. The minimum absolute atomic E-state index is 0.317. The summed E-state index contributed by atoms with van der Waals surface area (Å²) in [4.78, 5) is 0. The van der Waals surface area contributed by atoms with E-state index in [-0.39, 0.29) is 0 Å². The standard InChI is InChI=1S/C16H23NO2/c1-11-13(8-10-18-11)15(17-2)14-7-3-5-12-6-4-9-19-16(12)14/h3,5,7,11,13,15,17H,4,6,8-10H2,1-2H3. The van der Waals surface area contributed by atoms with Crippen LogP contribution in [0.15, 0.2) is 18.2 Å². The smallest absolute Gasteiger partial charge is 0.127 e. The molecule has 2 aliphatic heterocycles. The summed E-state index contributed by atoms with van der Waals surface area (Å²) in [6.45, 7) is 3.90. The zero-order valence-electron chi connectivity index (χ0n) is 11.8. The van der Waals surface area contributed by atoms with E-state index in [0.717, 1.165) is 38.2 Å². The molecule has 0 saturated carbocycles. The number of hydrogen-bond donors (Lipinski definition) is 1. The summed E-state index contributed by atoms with van der Waals surface area (Å²) in [6.07, 6.45) is 3.70. The van der Waals surface area contributed by atoms with Crippen molar-refractivity contribution in [3.05, 3.63) is 29.3 Å². The molecule has 3 heteroatoms. The lowest BCUT2D eigenvalue weighted by Gasteiger charge is -2.29. The minimum atomic E-state index is 0.317. The van der Waals surface area contributed by atoms with Gasteiger partial charge in [0.1, 0.15) is 5.75 Å². The van der Waals surface area contributed by atoms with Gasteiger partial charge in [-0.05, 0) is 38.8 Å². The topological polar surface area (TPSA) is 30.5 Å². The predicted molar refractivity (Wildman–Crippen MR) is 75.6 cm³/mol. The molecule has 0 spiro atoms. The Bertz CT molecular complexity index is 446. The highest BCUT2D eigenvalue weighted by atomic mass is 16.5. The van der Waals surface area contributed by atoms with Crippen LogP contribution in [-0.2, 0) is 11.2 Å². The average Bonchev–Trinajstić information content (AvgIpc) is 2.86. The number of fused-ring (bicyclic) bond motifs is 1. The summed E-state index contributed by atoms with van der Waals surface area (Å²) in [5.74, 6) is 1.65. The van der Waals surface area contributed by atoms with Crippen molar-refractivity contribution >= 4 is 0 Å². The molecule has 104 valence electrons. The SMILES string of the molecule is CNC(c1cccc2c1OCCC2)C1CCOC1C. The Morgan fingerprint density at radius 2 is 2.21 bits per heavy atom. The molecule has 3 nitrogen and oxygen atoms in total. The van der Waals surface area contributed by atoms with Gasteiger partial charge in [0.05, 0.1) is 12.7 Å². The second-order valence-electron chi connectivity index (χ2n) is 5.58. The lowest BCUT2D eigenvalue weighted by Crippen LogP contribution is -2.30. The number of aryl methyl sites for hydroxylation is 1. The van der Waals surface area contributed by atoms with E-state index in [1.54, 1.807) is 0 Å². The van der Waals surface area contributed by atoms with Crippen LogP contribution in [-0.4, -0.2) is 26.4 Å². The maximum atomic E-state index is 5.95. The summed E-state index contributed by atoms with van der Waals surface area (Å²) in [6, 6.07) is 6.88. The highest BCUT2D eigenvalue weighted by molar-refractivity contribution is 5.45. The highest BCUT2D eigenvalue weighted by Gasteiger charge is 2.34. The number of nitrogens with one attached hydrogen (secondary N) is 1. The monoisotopic (exact) mass is 261 g/mol. The third-order valence-corrected chi connectivity index (χ3v) is 4.47. The van der Waals surface area contributed by atoms with Crippen molar-refractivity contribution in [1.29, 1.82) is 0 Å². The minimum Gasteiger partial charge on any atom is -0.493 e. The van der Waals surface area contributed by atoms with Crippen LogP contribution in [0, 0.1) is 5.92 Å². The van der Waals surface area contributed by atoms with Gasteiger partial charge < -0.3 is 14.8 Å². The summed E-state index contributed by atoms with van der Waals surface area (Å²) in [5, 5.41) is 3.48. The van der Waals surface area contributed by atoms with Crippen molar-refractivity contribution in [2.45, 2.75) is 38.3 Å². The Morgan fingerprint density at radius 3 is 2.95 bits per heavy atom. The molecule has 19 heavy (non-hydrogen) atoms. The van der Waals surface area contributed by atoms with E-state index in [2.05, 4.69) is 30.4 Å². The van der Waals surface area contributed by atoms with E-state index in [0.29, 0.717) is 18.1 Å². The van der Waals surface area contributed by atoms with E-state index in [9.17, 15) is 0 Å². The first-order valence-electron chi connectivity index (χ1n) is 7.34. The van der Waals surface area contributed by atoms with E-state index < -0.39 is 0 Å². The first-order valence-corrected chi connectivity index (χ1v) is 7.34. The molecular formula is C16H23NO2. The van der Waals surface area contributed by atoms with Gasteiger partial charge in [-0.1, -0.05) is 18.2 Å². The van der Waals surface area contributed by atoms with Gasteiger partial charge in [0, 0.05) is 24.1 Å². The zero-order chi connectivity index (χ0) is 13.2. The Hall–Kier alpha value is -1.06. The second kappa shape index (κ2) is 5.51. The quantitative estimate of drug-likeness (QED) is 0.907. The van der Waals surface area contributed by atoms with Crippen LogP contribution in [0.1, 0.15) is 36.9 Å². The van der Waals surface area contributed by atoms with Gasteiger partial charge in [-0.2, -0.15) is 0 Å². The van der Waals surface area contributed by atoms with Gasteiger partial charge in [-0.25, -0.2) is 0 Å². The molecule has 1 fully saturated rings. The Morgan fingerprint density at radius 1 is 1.32 bits per heavy atom. The third-order valence-electron chi connectivity index (χ3n) is 4.47. The number of benzene rings is 1. The largest absolute Gasteiger partial charge is 0.493 e. The van der Waals surface area contributed by atoms with E-state index in [1.807, 2.05) is 7.05 Å². The molecule has 0 aliphatic carbocycles. The average molecular weight is 261 g/mol. The van der Waals surface area contributed by atoms with Gasteiger partial charge in [0.25, 0.3) is 0 Å². The molecule has 2 aliphatic rings. The lowest BCUT2D eigenvalue weighted by atomic mass is 9.86. The Labute approximate surface area is 115 Å². The molecule has 1 aromatic carbocycles. The molecule has 0 bridgehead atoms. The number of hydrogen-bond acceptors (Lipinski definition) is 3. The fourth-order valence-electron chi connectivity index (χ4n) is 3.45. The highest BCUT2D eigenvalue weighted by Crippen LogP contribution is 2.39. The summed E-state index contributed by atoms with van der Waals surface area (Å²) >= 11 is 0. The Balaban J connectivity index is 1.95. The molecule has 1 aromatic rings.